The summed E-state index contributed by atoms with van der Waals surface area (Å²) >= 11 is 0. The average Bonchev–Trinajstić information content (AvgIpc) is 3.47. The van der Waals surface area contributed by atoms with Crippen molar-refractivity contribution in [2.24, 2.45) is 0 Å². The van der Waals surface area contributed by atoms with Gasteiger partial charge < -0.3 is 14.2 Å². The summed E-state index contributed by atoms with van der Waals surface area (Å²) in [5.74, 6) is -0.875. The van der Waals surface area contributed by atoms with Crippen molar-refractivity contribution in [3.05, 3.63) is 36.5 Å². The highest BCUT2D eigenvalue weighted by Gasteiger charge is 2.19. The zero-order valence-corrected chi connectivity index (χ0v) is 55.5. The van der Waals surface area contributed by atoms with E-state index in [1.54, 1.807) is 0 Å². The van der Waals surface area contributed by atoms with E-state index in [9.17, 15) is 14.4 Å². The molecule has 0 saturated carbocycles. The molecule has 82 heavy (non-hydrogen) atoms. The fourth-order valence-electron chi connectivity index (χ4n) is 11.4. The average molecular weight is 1150 g/mol. The van der Waals surface area contributed by atoms with E-state index in [0.29, 0.717) is 19.3 Å². The van der Waals surface area contributed by atoms with Gasteiger partial charge in [0.1, 0.15) is 13.2 Å². The lowest BCUT2D eigenvalue weighted by atomic mass is 10.0. The molecule has 0 rings (SSSR count). The lowest BCUT2D eigenvalue weighted by molar-refractivity contribution is -0.167. The van der Waals surface area contributed by atoms with Crippen LogP contribution in [0.3, 0.4) is 0 Å². The fraction of sp³-hybridized carbons (Fsp3) is 0.882. The number of unbranched alkanes of at least 4 members (excludes halogenated alkanes) is 52. The number of ether oxygens (including phenoxy) is 3. The van der Waals surface area contributed by atoms with Gasteiger partial charge in [-0.25, -0.2) is 0 Å². The lowest BCUT2D eigenvalue weighted by Gasteiger charge is -2.18. The van der Waals surface area contributed by atoms with Gasteiger partial charge in [-0.3, -0.25) is 14.4 Å². The first kappa shape index (κ1) is 79.6. The molecule has 6 heteroatoms. The Kier molecular flexibility index (Phi) is 69.1. The van der Waals surface area contributed by atoms with Gasteiger partial charge in [0.2, 0.25) is 0 Å². The molecule has 0 aromatic rings. The maximum absolute atomic E-state index is 13.0. The molecule has 0 N–H and O–H groups in total. The highest BCUT2D eigenvalue weighted by Crippen LogP contribution is 2.19. The number of hydrogen-bond donors (Lipinski definition) is 0. The molecule has 482 valence electrons. The molecule has 0 heterocycles. The lowest BCUT2D eigenvalue weighted by Crippen LogP contribution is -2.30. The molecule has 0 saturated heterocycles. The quantitative estimate of drug-likeness (QED) is 0.0261. The summed E-state index contributed by atoms with van der Waals surface area (Å²) in [6.07, 6.45) is 89.2. The van der Waals surface area contributed by atoms with Crippen LogP contribution in [0.1, 0.15) is 412 Å². The van der Waals surface area contributed by atoms with E-state index in [2.05, 4.69) is 57.2 Å². The first-order chi connectivity index (χ1) is 40.5. The Morgan fingerprint density at radius 1 is 0.256 bits per heavy atom. The van der Waals surface area contributed by atoms with Crippen LogP contribution in [0.4, 0.5) is 0 Å². The molecule has 0 aliphatic carbocycles. The maximum atomic E-state index is 13.0. The van der Waals surface area contributed by atoms with E-state index in [4.69, 9.17) is 14.2 Å². The van der Waals surface area contributed by atoms with E-state index in [1.807, 2.05) is 0 Å². The van der Waals surface area contributed by atoms with Crippen molar-refractivity contribution in [2.45, 2.75) is 419 Å². The van der Waals surface area contributed by atoms with Gasteiger partial charge in [-0.05, 0) is 51.4 Å². The summed E-state index contributed by atoms with van der Waals surface area (Å²) in [7, 11) is 0. The summed E-state index contributed by atoms with van der Waals surface area (Å²) in [6.45, 7) is 6.59. The third kappa shape index (κ3) is 68.4. The Bertz CT molecular complexity index is 1370. The van der Waals surface area contributed by atoms with E-state index in [-0.39, 0.29) is 31.1 Å². The monoisotopic (exact) mass is 1150 g/mol. The second-order valence-electron chi connectivity index (χ2n) is 25.2. The summed E-state index contributed by atoms with van der Waals surface area (Å²) in [6, 6.07) is 0. The molecule has 0 bridgehead atoms. The minimum Gasteiger partial charge on any atom is -0.462 e. The summed E-state index contributed by atoms with van der Waals surface area (Å²) in [5.41, 5.74) is 0. The van der Waals surface area contributed by atoms with Crippen molar-refractivity contribution in [3.8, 4) is 0 Å². The van der Waals surface area contributed by atoms with Gasteiger partial charge in [-0.1, -0.05) is 378 Å². The summed E-state index contributed by atoms with van der Waals surface area (Å²) in [5, 5.41) is 0. The Morgan fingerprint density at radius 2 is 0.476 bits per heavy atom. The predicted molar refractivity (Wildman–Crippen MR) is 358 cm³/mol. The normalized spacial score (nSPS) is 12.2. The zero-order chi connectivity index (χ0) is 59.2. The van der Waals surface area contributed by atoms with Crippen LogP contribution in [0, 0.1) is 0 Å². The van der Waals surface area contributed by atoms with Crippen molar-refractivity contribution < 1.29 is 28.6 Å². The molecule has 0 amide bonds. The molecule has 0 aromatic carbocycles. The van der Waals surface area contributed by atoms with Crippen molar-refractivity contribution in [1.29, 1.82) is 0 Å². The first-order valence-corrected chi connectivity index (χ1v) is 37.0. The van der Waals surface area contributed by atoms with Gasteiger partial charge in [-0.2, -0.15) is 0 Å². The molecule has 0 aliphatic heterocycles. The van der Waals surface area contributed by atoms with Crippen molar-refractivity contribution in [2.75, 3.05) is 13.2 Å². The second kappa shape index (κ2) is 71.1. The van der Waals surface area contributed by atoms with Crippen molar-refractivity contribution in [1.82, 2.24) is 0 Å². The van der Waals surface area contributed by atoms with Crippen LogP contribution in [0.5, 0.6) is 0 Å². The SMILES string of the molecule is CC/C=C\C/C=C\C/C=C\CCCCCC(=O)OCC(COC(=O)CCCCCCCCCCCCCCCCCCCCCCCCCCCCC)OC(=O)CCCCCCCCCCCCCCCCCCCCCCCCCC. The van der Waals surface area contributed by atoms with E-state index in [1.165, 1.54) is 289 Å². The highest BCUT2D eigenvalue weighted by molar-refractivity contribution is 5.71. The minimum atomic E-state index is -0.782. The Balaban J connectivity index is 4.19. The third-order valence-electron chi connectivity index (χ3n) is 16.9. The van der Waals surface area contributed by atoms with Gasteiger partial charge in [0.05, 0.1) is 0 Å². The molecule has 6 nitrogen and oxygen atoms in total. The first-order valence-electron chi connectivity index (χ1n) is 37.0. The van der Waals surface area contributed by atoms with Gasteiger partial charge in [-0.15, -0.1) is 0 Å². The minimum absolute atomic E-state index is 0.0756. The summed E-state index contributed by atoms with van der Waals surface area (Å²) < 4.78 is 17.0. The maximum Gasteiger partial charge on any atom is 0.306 e. The molecule has 0 spiro atoms. The molecule has 1 unspecified atom stereocenters. The van der Waals surface area contributed by atoms with Crippen LogP contribution in [-0.2, 0) is 28.6 Å². The molecular weight excluding hydrogens is 1010 g/mol. The number of hydrogen-bond acceptors (Lipinski definition) is 6. The number of carbonyl (C=O) groups excluding carboxylic acids is 3. The van der Waals surface area contributed by atoms with Crippen molar-refractivity contribution >= 4 is 17.9 Å². The Hall–Kier alpha value is -2.37. The van der Waals surface area contributed by atoms with Crippen LogP contribution in [0.2, 0.25) is 0 Å². The Labute approximate surface area is 512 Å². The van der Waals surface area contributed by atoms with E-state index in [0.717, 1.165) is 83.5 Å². The van der Waals surface area contributed by atoms with Crippen LogP contribution >= 0.6 is 0 Å². The van der Waals surface area contributed by atoms with Crippen LogP contribution in [0.15, 0.2) is 36.5 Å². The van der Waals surface area contributed by atoms with Crippen LogP contribution in [-0.4, -0.2) is 37.2 Å². The van der Waals surface area contributed by atoms with Gasteiger partial charge in [0, 0.05) is 19.3 Å². The highest BCUT2D eigenvalue weighted by atomic mass is 16.6. The number of carbonyl (C=O) groups is 3. The van der Waals surface area contributed by atoms with Crippen LogP contribution < -0.4 is 0 Å². The van der Waals surface area contributed by atoms with Gasteiger partial charge in [0.15, 0.2) is 6.10 Å². The zero-order valence-electron chi connectivity index (χ0n) is 55.5. The number of esters is 3. The number of rotatable bonds is 69. The van der Waals surface area contributed by atoms with Crippen LogP contribution in [0.25, 0.3) is 0 Å². The van der Waals surface area contributed by atoms with E-state index >= 15 is 0 Å². The van der Waals surface area contributed by atoms with Crippen molar-refractivity contribution in [3.63, 3.8) is 0 Å². The Morgan fingerprint density at radius 3 is 0.744 bits per heavy atom. The standard InChI is InChI=1S/C76H142O6/c1-4-7-10-13-16-19-22-25-27-29-31-33-35-37-38-39-41-42-44-46-48-51-54-57-60-63-66-69-75(78)81-72-73(71-80-74(77)68-65-62-59-56-53-50-24-21-18-15-12-9-6-3)82-76(79)70-67-64-61-58-55-52-49-47-45-43-40-36-34-32-30-28-26-23-20-17-14-11-8-5-2/h9,12,18,21,50,53,73H,4-8,10-11,13-17,19-20,22-49,51-52,54-72H2,1-3H3/b12-9-,21-18-,53-50-. The van der Waals surface area contributed by atoms with Gasteiger partial charge >= 0.3 is 17.9 Å². The topological polar surface area (TPSA) is 78.9 Å². The fourth-order valence-corrected chi connectivity index (χ4v) is 11.4. The third-order valence-corrected chi connectivity index (χ3v) is 16.9. The van der Waals surface area contributed by atoms with Gasteiger partial charge in [0.25, 0.3) is 0 Å². The molecule has 0 aromatic heterocycles. The second-order valence-corrected chi connectivity index (χ2v) is 25.2. The molecule has 0 radical (unpaired) electrons. The summed E-state index contributed by atoms with van der Waals surface area (Å²) in [4.78, 5) is 38.4. The molecule has 1 atom stereocenters. The predicted octanol–water partition coefficient (Wildman–Crippen LogP) is 25.5. The molecule has 0 aliphatic rings. The van der Waals surface area contributed by atoms with E-state index < -0.39 is 6.10 Å². The molecular formula is C76H142O6. The number of allylic oxidation sites excluding steroid dienone is 6. The largest absolute Gasteiger partial charge is 0.462 e. The molecule has 0 fully saturated rings. The smallest absolute Gasteiger partial charge is 0.306 e.